The molecule has 2 aliphatic rings. The van der Waals surface area contributed by atoms with E-state index < -0.39 is 0 Å². The number of hydrogen-bond acceptors (Lipinski definition) is 6. The lowest BCUT2D eigenvalue weighted by Gasteiger charge is -2.38. The molecule has 8 nitrogen and oxygen atoms in total. The van der Waals surface area contributed by atoms with Crippen molar-refractivity contribution in [2.24, 2.45) is 4.99 Å². The summed E-state index contributed by atoms with van der Waals surface area (Å²) in [6.07, 6.45) is 1.98. The molecule has 4 rings (SSSR count). The number of guanidine groups is 1. The predicted molar refractivity (Wildman–Crippen MR) is 146 cm³/mol. The van der Waals surface area contributed by atoms with E-state index in [1.165, 1.54) is 0 Å². The molecule has 0 unspecified atom stereocenters. The predicted octanol–water partition coefficient (Wildman–Crippen LogP) is 2.36. The first-order valence-corrected chi connectivity index (χ1v) is 11.4. The van der Waals surface area contributed by atoms with Crippen LogP contribution in [0.15, 0.2) is 47.6 Å². The molecule has 0 amide bonds. The van der Waals surface area contributed by atoms with E-state index in [0.717, 1.165) is 87.7 Å². The molecule has 0 bridgehead atoms. The molecular formula is C24H36IN7O. The first-order chi connectivity index (χ1) is 15.7. The average molecular weight is 566 g/mol. The van der Waals surface area contributed by atoms with Crippen molar-refractivity contribution in [1.82, 2.24) is 20.1 Å². The number of nitrogens with one attached hydrogen (secondary N) is 1. The number of hydrogen-bond donors (Lipinski definition) is 1. The smallest absolute Gasteiger partial charge is 0.194 e. The molecule has 0 aliphatic carbocycles. The molecular weight excluding hydrogens is 529 g/mol. The number of rotatable bonds is 5. The summed E-state index contributed by atoms with van der Waals surface area (Å²) in [5, 5.41) is 3.51. The van der Waals surface area contributed by atoms with Crippen LogP contribution >= 0.6 is 24.0 Å². The van der Waals surface area contributed by atoms with Crippen LogP contribution in [0.25, 0.3) is 0 Å². The zero-order valence-electron chi connectivity index (χ0n) is 19.9. The Labute approximate surface area is 214 Å². The first kappa shape index (κ1) is 25.4. The Morgan fingerprint density at radius 1 is 0.970 bits per heavy atom. The highest BCUT2D eigenvalue weighted by molar-refractivity contribution is 14.0. The number of likely N-dealkylation sites (N-methyl/N-ethyl adjacent to an activating group) is 1. The van der Waals surface area contributed by atoms with Gasteiger partial charge in [-0.15, -0.1) is 24.0 Å². The molecule has 9 heteroatoms. The summed E-state index contributed by atoms with van der Waals surface area (Å²) in [7, 11) is 5.75. The summed E-state index contributed by atoms with van der Waals surface area (Å²) < 4.78 is 5.53. The van der Waals surface area contributed by atoms with Gasteiger partial charge in [-0.2, -0.15) is 0 Å². The molecule has 1 N–H and O–H groups in total. The van der Waals surface area contributed by atoms with Gasteiger partial charge >= 0.3 is 0 Å². The van der Waals surface area contributed by atoms with Crippen LogP contribution in [-0.2, 0) is 6.54 Å². The van der Waals surface area contributed by atoms with Crippen LogP contribution in [0.5, 0.6) is 5.75 Å². The summed E-state index contributed by atoms with van der Waals surface area (Å²) in [4.78, 5) is 18.6. The Hall–Kier alpha value is -2.27. The Morgan fingerprint density at radius 3 is 2.30 bits per heavy atom. The largest absolute Gasteiger partial charge is 0.495 e. The highest BCUT2D eigenvalue weighted by Gasteiger charge is 2.21. The van der Waals surface area contributed by atoms with Crippen LogP contribution in [-0.4, -0.2) is 94.3 Å². The van der Waals surface area contributed by atoms with Crippen LogP contribution in [0.1, 0.15) is 5.56 Å². The molecule has 180 valence electrons. The molecule has 1 aromatic heterocycles. The number of aromatic nitrogens is 1. The highest BCUT2D eigenvalue weighted by atomic mass is 127. The third kappa shape index (κ3) is 6.41. The number of nitrogens with zero attached hydrogens (tertiary/aromatic N) is 6. The number of aliphatic imine (C=N–C) groups is 1. The highest BCUT2D eigenvalue weighted by Crippen LogP contribution is 2.28. The Kier molecular flexibility index (Phi) is 9.42. The lowest BCUT2D eigenvalue weighted by Crippen LogP contribution is -2.52. The van der Waals surface area contributed by atoms with Crippen molar-refractivity contribution in [3.8, 4) is 5.75 Å². The van der Waals surface area contributed by atoms with Crippen molar-refractivity contribution in [3.63, 3.8) is 0 Å². The number of ether oxygens (including phenoxy) is 1. The zero-order chi connectivity index (χ0) is 22.3. The standard InChI is InChI=1S/C24H35N7O.HI/c1-25-24(31-16-14-29(15-17-31)21-6-4-5-7-22(21)32-3)27-19-20-8-9-23(26-18-20)30-12-10-28(2)11-13-30;/h4-9,18H,10-17,19H2,1-3H3,(H,25,27);1H. The molecule has 2 aromatic rings. The Balaban J connectivity index is 0.00000306. The van der Waals surface area contributed by atoms with Gasteiger partial charge in [-0.3, -0.25) is 4.99 Å². The van der Waals surface area contributed by atoms with E-state index in [-0.39, 0.29) is 24.0 Å². The number of anilines is 2. The van der Waals surface area contributed by atoms with Crippen molar-refractivity contribution in [2.45, 2.75) is 6.54 Å². The summed E-state index contributed by atoms with van der Waals surface area (Å²) in [5.41, 5.74) is 2.32. The fourth-order valence-electron chi connectivity index (χ4n) is 4.31. The second-order valence-corrected chi connectivity index (χ2v) is 8.36. The van der Waals surface area contributed by atoms with E-state index in [1.54, 1.807) is 7.11 Å². The van der Waals surface area contributed by atoms with E-state index in [0.29, 0.717) is 0 Å². The second-order valence-electron chi connectivity index (χ2n) is 8.36. The molecule has 0 saturated carbocycles. The number of halogens is 1. The third-order valence-corrected chi connectivity index (χ3v) is 6.30. The van der Waals surface area contributed by atoms with E-state index in [9.17, 15) is 0 Å². The summed E-state index contributed by atoms with van der Waals surface area (Å²) in [6, 6.07) is 12.5. The van der Waals surface area contributed by atoms with Crippen molar-refractivity contribution in [3.05, 3.63) is 48.2 Å². The van der Waals surface area contributed by atoms with Gasteiger partial charge in [0, 0.05) is 72.1 Å². The fraction of sp³-hybridized carbons (Fsp3) is 0.500. The van der Waals surface area contributed by atoms with E-state index >= 15 is 0 Å². The van der Waals surface area contributed by atoms with Crippen LogP contribution in [0.4, 0.5) is 11.5 Å². The summed E-state index contributed by atoms with van der Waals surface area (Å²) >= 11 is 0. The van der Waals surface area contributed by atoms with Crippen LogP contribution < -0.4 is 19.9 Å². The lowest BCUT2D eigenvalue weighted by atomic mass is 10.2. The number of pyridine rings is 1. The van der Waals surface area contributed by atoms with Gasteiger partial charge in [-0.05, 0) is 30.8 Å². The number of para-hydroxylation sites is 2. The molecule has 1 aromatic carbocycles. The third-order valence-electron chi connectivity index (χ3n) is 6.30. The maximum absolute atomic E-state index is 5.53. The topological polar surface area (TPSA) is 59.5 Å². The van der Waals surface area contributed by atoms with Crippen molar-refractivity contribution >= 4 is 41.4 Å². The number of methoxy groups -OCH3 is 1. The van der Waals surface area contributed by atoms with Crippen LogP contribution in [0.2, 0.25) is 0 Å². The van der Waals surface area contributed by atoms with Crippen LogP contribution in [0.3, 0.4) is 0 Å². The zero-order valence-corrected chi connectivity index (χ0v) is 22.2. The van der Waals surface area contributed by atoms with Gasteiger partial charge in [0.1, 0.15) is 11.6 Å². The van der Waals surface area contributed by atoms with Gasteiger partial charge < -0.3 is 29.7 Å². The minimum absolute atomic E-state index is 0. The van der Waals surface area contributed by atoms with Gasteiger partial charge in [-0.25, -0.2) is 4.98 Å². The van der Waals surface area contributed by atoms with Crippen molar-refractivity contribution in [1.29, 1.82) is 0 Å². The van der Waals surface area contributed by atoms with Gasteiger partial charge in [0.05, 0.1) is 12.8 Å². The van der Waals surface area contributed by atoms with Gasteiger partial charge in [0.2, 0.25) is 0 Å². The maximum Gasteiger partial charge on any atom is 0.194 e. The Morgan fingerprint density at radius 2 is 1.67 bits per heavy atom. The van der Waals surface area contributed by atoms with Crippen molar-refractivity contribution in [2.75, 3.05) is 83.4 Å². The molecule has 33 heavy (non-hydrogen) atoms. The quantitative estimate of drug-likeness (QED) is 0.340. The SMILES string of the molecule is CN=C(NCc1ccc(N2CCN(C)CC2)nc1)N1CCN(c2ccccc2OC)CC1.I. The molecule has 0 atom stereocenters. The molecule has 2 aliphatic heterocycles. The van der Waals surface area contributed by atoms with Gasteiger partial charge in [0.25, 0.3) is 0 Å². The number of piperazine rings is 2. The van der Waals surface area contributed by atoms with Crippen LogP contribution in [0, 0.1) is 0 Å². The average Bonchev–Trinajstić information content (AvgIpc) is 2.86. The lowest BCUT2D eigenvalue weighted by molar-refractivity contribution is 0.312. The minimum atomic E-state index is 0. The fourth-order valence-corrected chi connectivity index (χ4v) is 4.31. The molecule has 2 saturated heterocycles. The monoisotopic (exact) mass is 565 g/mol. The Bertz CT molecular complexity index is 892. The van der Waals surface area contributed by atoms with E-state index in [2.05, 4.69) is 61.2 Å². The van der Waals surface area contributed by atoms with Crippen molar-refractivity contribution < 1.29 is 4.74 Å². The summed E-state index contributed by atoms with van der Waals surface area (Å²) in [6.45, 7) is 8.66. The first-order valence-electron chi connectivity index (χ1n) is 11.4. The maximum atomic E-state index is 5.53. The normalized spacial score (nSPS) is 17.5. The minimum Gasteiger partial charge on any atom is -0.495 e. The second kappa shape index (κ2) is 12.3. The van der Waals surface area contributed by atoms with Gasteiger partial charge in [0.15, 0.2) is 5.96 Å². The van der Waals surface area contributed by atoms with E-state index in [4.69, 9.17) is 9.72 Å². The molecule has 0 spiro atoms. The summed E-state index contributed by atoms with van der Waals surface area (Å²) in [5.74, 6) is 2.93. The molecule has 3 heterocycles. The molecule has 0 radical (unpaired) electrons. The number of benzene rings is 1. The van der Waals surface area contributed by atoms with E-state index in [1.807, 2.05) is 25.4 Å². The van der Waals surface area contributed by atoms with Gasteiger partial charge in [-0.1, -0.05) is 18.2 Å². The molecule has 2 fully saturated rings.